The first-order valence-electron chi connectivity index (χ1n) is 4.37. The first-order valence-corrected chi connectivity index (χ1v) is 4.37. The third-order valence-corrected chi connectivity index (χ3v) is 2.12. The van der Waals surface area contributed by atoms with Crippen molar-refractivity contribution in [3.8, 4) is 0 Å². The van der Waals surface area contributed by atoms with E-state index in [0.29, 0.717) is 12.6 Å². The summed E-state index contributed by atoms with van der Waals surface area (Å²) in [4.78, 5) is 11.0. The Labute approximate surface area is 73.2 Å². The molecular weight excluding hydrogens is 152 g/mol. The first-order chi connectivity index (χ1) is 5.72. The molecule has 12 heavy (non-hydrogen) atoms. The largest absolute Gasteiger partial charge is 0.335 e. The van der Waals surface area contributed by atoms with E-state index in [1.54, 1.807) is 6.08 Å². The molecule has 3 nitrogen and oxygen atoms in total. The van der Waals surface area contributed by atoms with Gasteiger partial charge in [-0.25, -0.2) is 4.79 Å². The highest BCUT2D eigenvalue weighted by molar-refractivity contribution is 5.74. The summed E-state index contributed by atoms with van der Waals surface area (Å²) < 4.78 is 0. The predicted octanol–water partition coefficient (Wildman–Crippen LogP) is 1.27. The van der Waals surface area contributed by atoms with Crippen LogP contribution in [0.3, 0.4) is 0 Å². The summed E-state index contributed by atoms with van der Waals surface area (Å²) in [6.07, 6.45) is 3.89. The minimum Gasteiger partial charge on any atom is -0.335 e. The fourth-order valence-electron chi connectivity index (χ4n) is 1.42. The zero-order chi connectivity index (χ0) is 8.97. The van der Waals surface area contributed by atoms with Crippen LogP contribution in [-0.4, -0.2) is 18.6 Å². The van der Waals surface area contributed by atoms with Gasteiger partial charge in [0.15, 0.2) is 0 Å². The van der Waals surface area contributed by atoms with Gasteiger partial charge in [-0.15, -0.1) is 6.58 Å². The van der Waals surface area contributed by atoms with Crippen molar-refractivity contribution in [2.75, 3.05) is 6.54 Å². The molecule has 0 spiro atoms. The molecule has 0 aliphatic heterocycles. The van der Waals surface area contributed by atoms with E-state index in [9.17, 15) is 4.79 Å². The van der Waals surface area contributed by atoms with Crippen molar-refractivity contribution < 1.29 is 4.79 Å². The maximum absolute atomic E-state index is 11.0. The van der Waals surface area contributed by atoms with Gasteiger partial charge in [0.05, 0.1) is 0 Å². The Morgan fingerprint density at radius 3 is 2.83 bits per heavy atom. The third kappa shape index (κ3) is 2.57. The molecule has 0 saturated heterocycles. The van der Waals surface area contributed by atoms with Crippen LogP contribution in [0.5, 0.6) is 0 Å². The van der Waals surface area contributed by atoms with Crippen LogP contribution in [0.15, 0.2) is 12.7 Å². The van der Waals surface area contributed by atoms with Gasteiger partial charge >= 0.3 is 6.03 Å². The van der Waals surface area contributed by atoms with E-state index in [0.717, 1.165) is 18.8 Å². The van der Waals surface area contributed by atoms with Gasteiger partial charge in [0, 0.05) is 12.6 Å². The van der Waals surface area contributed by atoms with E-state index in [1.165, 1.54) is 0 Å². The van der Waals surface area contributed by atoms with Crippen LogP contribution in [0.2, 0.25) is 0 Å². The summed E-state index contributed by atoms with van der Waals surface area (Å²) in [6.45, 7) is 6.25. The second-order valence-electron chi connectivity index (χ2n) is 3.42. The van der Waals surface area contributed by atoms with Crippen LogP contribution in [0, 0.1) is 5.92 Å². The molecule has 0 atom stereocenters. The van der Waals surface area contributed by atoms with Crippen molar-refractivity contribution in [1.82, 2.24) is 10.6 Å². The van der Waals surface area contributed by atoms with Crippen molar-refractivity contribution in [3.63, 3.8) is 0 Å². The number of carbonyl (C=O) groups excluding carboxylic acids is 1. The highest BCUT2D eigenvalue weighted by Crippen LogP contribution is 2.25. The minimum absolute atomic E-state index is 0.0770. The van der Waals surface area contributed by atoms with Crippen molar-refractivity contribution >= 4 is 6.03 Å². The van der Waals surface area contributed by atoms with Crippen LogP contribution < -0.4 is 10.6 Å². The first kappa shape index (κ1) is 9.10. The van der Waals surface area contributed by atoms with Gasteiger partial charge in [0.25, 0.3) is 0 Å². The molecule has 0 aromatic rings. The molecule has 1 saturated carbocycles. The zero-order valence-electron chi connectivity index (χ0n) is 7.47. The quantitative estimate of drug-likeness (QED) is 0.612. The zero-order valence-corrected chi connectivity index (χ0v) is 7.47. The van der Waals surface area contributed by atoms with Crippen LogP contribution in [0.1, 0.15) is 19.8 Å². The average molecular weight is 168 g/mol. The van der Waals surface area contributed by atoms with E-state index < -0.39 is 0 Å². The summed E-state index contributed by atoms with van der Waals surface area (Å²) in [5, 5.41) is 5.56. The van der Waals surface area contributed by atoms with E-state index in [-0.39, 0.29) is 6.03 Å². The lowest BCUT2D eigenvalue weighted by atomic mass is 9.82. The van der Waals surface area contributed by atoms with Crippen LogP contribution >= 0.6 is 0 Å². The Kier molecular flexibility index (Phi) is 3.14. The van der Waals surface area contributed by atoms with Gasteiger partial charge in [-0.1, -0.05) is 13.0 Å². The topological polar surface area (TPSA) is 41.1 Å². The maximum atomic E-state index is 11.0. The summed E-state index contributed by atoms with van der Waals surface area (Å²) >= 11 is 0. The molecule has 0 aromatic carbocycles. The third-order valence-electron chi connectivity index (χ3n) is 2.12. The van der Waals surface area contributed by atoms with Gasteiger partial charge in [0.1, 0.15) is 0 Å². The van der Waals surface area contributed by atoms with Crippen LogP contribution in [0.25, 0.3) is 0 Å². The lowest BCUT2D eigenvalue weighted by Gasteiger charge is -2.33. The number of urea groups is 1. The number of carbonyl (C=O) groups is 1. The van der Waals surface area contributed by atoms with Gasteiger partial charge in [0.2, 0.25) is 0 Å². The highest BCUT2D eigenvalue weighted by Gasteiger charge is 2.26. The molecule has 0 bridgehead atoms. The minimum atomic E-state index is -0.0770. The smallest absolute Gasteiger partial charge is 0.315 e. The monoisotopic (exact) mass is 168 g/mol. The van der Waals surface area contributed by atoms with E-state index in [1.807, 2.05) is 0 Å². The molecule has 1 aliphatic carbocycles. The Hall–Kier alpha value is -0.990. The Morgan fingerprint density at radius 1 is 1.67 bits per heavy atom. The molecule has 1 rings (SSSR count). The maximum Gasteiger partial charge on any atom is 0.315 e. The number of hydrogen-bond acceptors (Lipinski definition) is 1. The molecule has 1 fully saturated rings. The lowest BCUT2D eigenvalue weighted by molar-refractivity contribution is 0.211. The Morgan fingerprint density at radius 2 is 2.33 bits per heavy atom. The molecule has 2 amide bonds. The molecule has 0 heterocycles. The summed E-state index contributed by atoms with van der Waals surface area (Å²) in [5.74, 6) is 0.773. The summed E-state index contributed by atoms with van der Waals surface area (Å²) in [5.41, 5.74) is 0. The molecule has 0 unspecified atom stereocenters. The molecule has 3 heteroatoms. The van der Waals surface area contributed by atoms with Crippen molar-refractivity contribution in [3.05, 3.63) is 12.7 Å². The highest BCUT2D eigenvalue weighted by atomic mass is 16.2. The van der Waals surface area contributed by atoms with Gasteiger partial charge < -0.3 is 10.6 Å². The molecule has 2 N–H and O–H groups in total. The van der Waals surface area contributed by atoms with E-state index >= 15 is 0 Å². The second-order valence-corrected chi connectivity index (χ2v) is 3.42. The molecule has 0 aromatic heterocycles. The molecular formula is C9H16N2O. The van der Waals surface area contributed by atoms with Gasteiger partial charge in [-0.2, -0.15) is 0 Å². The Bertz CT molecular complexity index is 173. The molecule has 0 radical (unpaired) electrons. The van der Waals surface area contributed by atoms with Crippen molar-refractivity contribution in [2.45, 2.75) is 25.8 Å². The standard InChI is InChI=1S/C9H16N2O/c1-3-4-10-9(12)11-8-5-7(2)6-8/h3,7-8H,1,4-6H2,2H3,(H2,10,11,12). The normalized spacial score (nSPS) is 27.1. The van der Waals surface area contributed by atoms with E-state index in [2.05, 4.69) is 24.1 Å². The SMILES string of the molecule is C=CCNC(=O)NC1CC(C)C1. The second kappa shape index (κ2) is 4.14. The Balaban J connectivity index is 2.06. The van der Waals surface area contributed by atoms with Crippen LogP contribution in [0.4, 0.5) is 4.79 Å². The predicted molar refractivity (Wildman–Crippen MR) is 48.9 cm³/mol. The van der Waals surface area contributed by atoms with Crippen LogP contribution in [-0.2, 0) is 0 Å². The van der Waals surface area contributed by atoms with E-state index in [4.69, 9.17) is 0 Å². The van der Waals surface area contributed by atoms with Crippen molar-refractivity contribution in [2.24, 2.45) is 5.92 Å². The summed E-state index contributed by atoms with van der Waals surface area (Å²) in [7, 11) is 0. The van der Waals surface area contributed by atoms with Gasteiger partial charge in [-0.05, 0) is 18.8 Å². The fourth-order valence-corrected chi connectivity index (χ4v) is 1.42. The number of amides is 2. The number of hydrogen-bond donors (Lipinski definition) is 2. The lowest BCUT2D eigenvalue weighted by Crippen LogP contribution is -2.47. The van der Waals surface area contributed by atoms with Crippen molar-refractivity contribution in [1.29, 1.82) is 0 Å². The summed E-state index contributed by atoms with van der Waals surface area (Å²) in [6, 6.07) is 0.316. The molecule has 68 valence electrons. The number of rotatable bonds is 3. The average Bonchev–Trinajstić information content (AvgIpc) is 1.98. The fraction of sp³-hybridized carbons (Fsp3) is 0.667. The number of nitrogens with one attached hydrogen (secondary N) is 2. The van der Waals surface area contributed by atoms with Gasteiger partial charge in [-0.3, -0.25) is 0 Å². The molecule has 1 aliphatic rings.